The van der Waals surface area contributed by atoms with Gasteiger partial charge in [0.15, 0.2) is 18.9 Å². The molecule has 0 spiro atoms. The van der Waals surface area contributed by atoms with E-state index in [4.69, 9.17) is 10.5 Å². The number of pyridine rings is 1. The summed E-state index contributed by atoms with van der Waals surface area (Å²) in [5.41, 5.74) is 10.1. The van der Waals surface area contributed by atoms with Crippen LogP contribution >= 0.6 is 0 Å². The van der Waals surface area contributed by atoms with Gasteiger partial charge in [0.25, 0.3) is 0 Å². The van der Waals surface area contributed by atoms with Gasteiger partial charge in [0, 0.05) is 49.2 Å². The van der Waals surface area contributed by atoms with Crippen LogP contribution < -0.4 is 36.9 Å². The zero-order chi connectivity index (χ0) is 17.6. The number of hydrogen-bond donors (Lipinski definition) is 1. The van der Waals surface area contributed by atoms with Crippen LogP contribution in [0.1, 0.15) is 11.1 Å². The maximum Gasteiger partial charge on any atom is 0.173 e. The first kappa shape index (κ1) is 19.8. The molecule has 0 aliphatic carbocycles. The summed E-state index contributed by atoms with van der Waals surface area (Å²) in [5.74, 6) is 0.792. The Balaban J connectivity index is 0.00000243. The van der Waals surface area contributed by atoms with E-state index in [0.29, 0.717) is 12.3 Å². The van der Waals surface area contributed by atoms with Gasteiger partial charge >= 0.3 is 0 Å². The summed E-state index contributed by atoms with van der Waals surface area (Å²) in [6.07, 6.45) is 4.21. The number of ether oxygens (including phenoxy) is 1. The first-order valence-corrected chi connectivity index (χ1v) is 8.33. The summed E-state index contributed by atoms with van der Waals surface area (Å²) in [7, 11) is 4.09. The van der Waals surface area contributed by atoms with Gasteiger partial charge in [-0.3, -0.25) is 0 Å². The summed E-state index contributed by atoms with van der Waals surface area (Å²) in [4.78, 5) is 2.10. The molecule has 0 atom stereocenters. The van der Waals surface area contributed by atoms with Crippen LogP contribution in [0, 0.1) is 0 Å². The first-order valence-electron chi connectivity index (χ1n) is 8.33. The molecule has 2 aromatic carbocycles. The van der Waals surface area contributed by atoms with Crippen molar-refractivity contribution >= 4 is 11.4 Å². The minimum atomic E-state index is 0. The third-order valence-corrected chi connectivity index (χ3v) is 4.04. The molecule has 0 aliphatic rings. The minimum absolute atomic E-state index is 0. The standard InChI is InChI=1S/C21H24N3O.BrH/c1-23(2)20-10-12-24(13-11-20)15-17-6-8-18(9-7-17)16-25-21-5-3-4-19(22)14-21;/h3-14H,15-16,22H2,1-2H3;1H/q+1;/p-1. The van der Waals surface area contributed by atoms with E-state index in [2.05, 4.69) is 58.3 Å². The van der Waals surface area contributed by atoms with Crippen LogP contribution in [0.4, 0.5) is 11.4 Å². The lowest BCUT2D eigenvalue weighted by Crippen LogP contribution is -3.00. The summed E-state index contributed by atoms with van der Waals surface area (Å²) in [5, 5.41) is 0. The highest BCUT2D eigenvalue weighted by Gasteiger charge is 2.04. The average Bonchev–Trinajstić information content (AvgIpc) is 2.62. The molecule has 1 aromatic heterocycles. The number of halogens is 1. The molecule has 4 nitrogen and oxygen atoms in total. The second-order valence-corrected chi connectivity index (χ2v) is 6.30. The molecule has 0 bridgehead atoms. The summed E-state index contributed by atoms with van der Waals surface area (Å²) < 4.78 is 7.95. The van der Waals surface area contributed by atoms with Crippen LogP contribution in [0.25, 0.3) is 0 Å². The number of benzene rings is 2. The third-order valence-electron chi connectivity index (χ3n) is 4.04. The van der Waals surface area contributed by atoms with Crippen molar-refractivity contribution < 1.29 is 26.3 Å². The Labute approximate surface area is 165 Å². The molecule has 0 radical (unpaired) electrons. The topological polar surface area (TPSA) is 42.4 Å². The number of hydrogen-bond acceptors (Lipinski definition) is 3. The molecular formula is C21H24BrN3O. The largest absolute Gasteiger partial charge is 1.00 e. The van der Waals surface area contributed by atoms with Crippen LogP contribution in [-0.4, -0.2) is 14.1 Å². The summed E-state index contributed by atoms with van der Waals surface area (Å²) in [6.45, 7) is 1.39. The fraction of sp³-hybridized carbons (Fsp3) is 0.190. The maximum atomic E-state index is 5.78. The van der Waals surface area contributed by atoms with Crippen LogP contribution in [0.2, 0.25) is 0 Å². The Morgan fingerprint density at radius 3 is 2.19 bits per heavy atom. The number of aromatic nitrogens is 1. The van der Waals surface area contributed by atoms with E-state index in [0.717, 1.165) is 17.9 Å². The van der Waals surface area contributed by atoms with Crippen molar-refractivity contribution in [2.24, 2.45) is 0 Å². The summed E-state index contributed by atoms with van der Waals surface area (Å²) in [6, 6.07) is 20.2. The van der Waals surface area contributed by atoms with Crippen LogP contribution in [0.5, 0.6) is 5.75 Å². The van der Waals surface area contributed by atoms with E-state index in [1.54, 1.807) is 0 Å². The number of rotatable bonds is 6. The number of nitrogens with zero attached hydrogens (tertiary/aromatic N) is 2. The van der Waals surface area contributed by atoms with Crippen molar-refractivity contribution in [1.29, 1.82) is 0 Å². The predicted octanol–water partition coefficient (Wildman–Crippen LogP) is 0.254. The molecule has 0 saturated heterocycles. The lowest BCUT2D eigenvalue weighted by molar-refractivity contribution is -0.688. The molecule has 0 amide bonds. The van der Waals surface area contributed by atoms with E-state index in [9.17, 15) is 0 Å². The van der Waals surface area contributed by atoms with Gasteiger partial charge in [-0.15, -0.1) is 0 Å². The SMILES string of the molecule is CN(C)c1cc[n+](Cc2ccc(COc3cccc(N)c3)cc2)cc1.[Br-]. The molecule has 26 heavy (non-hydrogen) atoms. The van der Waals surface area contributed by atoms with Crippen molar-refractivity contribution in [3.63, 3.8) is 0 Å². The highest BCUT2D eigenvalue weighted by Crippen LogP contribution is 2.16. The van der Waals surface area contributed by atoms with Gasteiger partial charge in [-0.1, -0.05) is 30.3 Å². The van der Waals surface area contributed by atoms with E-state index >= 15 is 0 Å². The Bertz CT molecular complexity index is 817. The smallest absolute Gasteiger partial charge is 0.173 e. The van der Waals surface area contributed by atoms with Crippen molar-refractivity contribution in [2.75, 3.05) is 24.7 Å². The maximum absolute atomic E-state index is 5.78. The molecular weight excluding hydrogens is 390 g/mol. The van der Waals surface area contributed by atoms with Gasteiger partial charge < -0.3 is 32.4 Å². The Morgan fingerprint density at radius 2 is 1.58 bits per heavy atom. The summed E-state index contributed by atoms with van der Waals surface area (Å²) >= 11 is 0. The monoisotopic (exact) mass is 413 g/mol. The quantitative estimate of drug-likeness (QED) is 0.465. The average molecular weight is 414 g/mol. The number of nitrogen functional groups attached to an aromatic ring is 1. The van der Waals surface area contributed by atoms with Crippen LogP contribution in [0.3, 0.4) is 0 Å². The molecule has 0 unspecified atom stereocenters. The second kappa shape index (κ2) is 9.25. The third kappa shape index (κ3) is 5.49. The first-order chi connectivity index (χ1) is 12.1. The van der Waals surface area contributed by atoms with E-state index < -0.39 is 0 Å². The Hall–Kier alpha value is -2.53. The normalized spacial score (nSPS) is 10.1. The zero-order valence-corrected chi connectivity index (χ0v) is 16.7. The molecule has 0 aliphatic heterocycles. The van der Waals surface area contributed by atoms with Crippen molar-refractivity contribution in [3.8, 4) is 5.75 Å². The molecule has 3 aromatic rings. The predicted molar refractivity (Wildman–Crippen MR) is 102 cm³/mol. The molecule has 0 saturated carbocycles. The molecule has 1 heterocycles. The minimum Gasteiger partial charge on any atom is -1.00 e. The van der Waals surface area contributed by atoms with E-state index in [-0.39, 0.29) is 17.0 Å². The van der Waals surface area contributed by atoms with E-state index in [1.165, 1.54) is 11.3 Å². The van der Waals surface area contributed by atoms with Crippen molar-refractivity contribution in [1.82, 2.24) is 0 Å². The van der Waals surface area contributed by atoms with Gasteiger partial charge in [0.1, 0.15) is 12.4 Å². The molecule has 3 rings (SSSR count). The van der Waals surface area contributed by atoms with Gasteiger partial charge in [0.2, 0.25) is 0 Å². The highest BCUT2D eigenvalue weighted by atomic mass is 79.9. The lowest BCUT2D eigenvalue weighted by Gasteiger charge is -2.10. The fourth-order valence-corrected chi connectivity index (χ4v) is 2.58. The highest BCUT2D eigenvalue weighted by molar-refractivity contribution is 5.43. The van der Waals surface area contributed by atoms with Gasteiger partial charge in [-0.05, 0) is 17.7 Å². The van der Waals surface area contributed by atoms with Gasteiger partial charge in [-0.2, -0.15) is 0 Å². The van der Waals surface area contributed by atoms with Crippen molar-refractivity contribution in [2.45, 2.75) is 13.2 Å². The Morgan fingerprint density at radius 1 is 0.923 bits per heavy atom. The number of nitrogens with two attached hydrogens (primary N) is 1. The molecule has 136 valence electrons. The van der Waals surface area contributed by atoms with Crippen molar-refractivity contribution in [3.05, 3.63) is 84.2 Å². The molecule has 5 heteroatoms. The second-order valence-electron chi connectivity index (χ2n) is 6.30. The molecule has 0 fully saturated rings. The number of anilines is 2. The van der Waals surface area contributed by atoms with Crippen LogP contribution in [0.15, 0.2) is 73.1 Å². The fourth-order valence-electron chi connectivity index (χ4n) is 2.58. The van der Waals surface area contributed by atoms with E-state index in [1.807, 2.05) is 38.4 Å². The van der Waals surface area contributed by atoms with Gasteiger partial charge in [0.05, 0.1) is 0 Å². The lowest BCUT2D eigenvalue weighted by atomic mass is 10.1. The van der Waals surface area contributed by atoms with Gasteiger partial charge in [-0.25, -0.2) is 4.57 Å². The zero-order valence-electron chi connectivity index (χ0n) is 15.1. The van der Waals surface area contributed by atoms with Crippen LogP contribution in [-0.2, 0) is 13.2 Å². The Kier molecular flexibility index (Phi) is 7.04. The molecule has 2 N–H and O–H groups in total.